The molecule has 1 aliphatic rings. The molecule has 2 aromatic carbocycles. The van der Waals surface area contributed by atoms with Crippen molar-refractivity contribution in [3.05, 3.63) is 60.2 Å². The number of guanidine groups is 1. The third-order valence-electron chi connectivity index (χ3n) is 4.88. The van der Waals surface area contributed by atoms with Gasteiger partial charge in [-0.3, -0.25) is 4.99 Å². The van der Waals surface area contributed by atoms with Crippen LogP contribution in [-0.2, 0) is 6.42 Å². The number of likely N-dealkylation sites (tertiary alicyclic amines) is 1. The molecule has 4 nitrogen and oxygen atoms in total. The molecule has 0 amide bonds. The molecule has 152 valence electrons. The molecule has 0 bridgehead atoms. The summed E-state index contributed by atoms with van der Waals surface area (Å²) in [4.78, 5) is 8.24. The van der Waals surface area contributed by atoms with Gasteiger partial charge < -0.3 is 15.0 Å². The minimum atomic E-state index is 0. The minimum absolute atomic E-state index is 0. The fourth-order valence-electron chi connectivity index (χ4n) is 3.33. The highest BCUT2D eigenvalue weighted by Crippen LogP contribution is 2.25. The summed E-state index contributed by atoms with van der Waals surface area (Å²) in [6, 6.07) is 18.9. The summed E-state index contributed by atoms with van der Waals surface area (Å²) in [5.41, 5.74) is 1.30. The molecule has 1 saturated heterocycles. The van der Waals surface area contributed by atoms with Crippen molar-refractivity contribution < 1.29 is 4.74 Å². The van der Waals surface area contributed by atoms with E-state index in [1.165, 1.54) is 22.6 Å². The Hall–Kier alpha value is -1.41. The van der Waals surface area contributed by atoms with Gasteiger partial charge in [0.1, 0.15) is 5.75 Å². The molecule has 0 radical (unpaired) electrons. The smallest absolute Gasteiger partial charge is 0.193 e. The Bertz CT molecular complexity index is 724. The molecule has 1 unspecified atom stereocenters. The maximum Gasteiger partial charge on any atom is 0.193 e. The van der Waals surface area contributed by atoms with Crippen LogP contribution in [0.3, 0.4) is 0 Å². The summed E-state index contributed by atoms with van der Waals surface area (Å²) in [7, 11) is 3.57. The van der Waals surface area contributed by atoms with Gasteiger partial charge in [0.25, 0.3) is 0 Å². The van der Waals surface area contributed by atoms with Crippen molar-refractivity contribution in [1.29, 1.82) is 0 Å². The first-order chi connectivity index (χ1) is 13.3. The molecule has 1 heterocycles. The minimum Gasteiger partial charge on any atom is -0.497 e. The Labute approximate surface area is 190 Å². The summed E-state index contributed by atoms with van der Waals surface area (Å²) >= 11 is 1.96. The van der Waals surface area contributed by atoms with Gasteiger partial charge >= 0.3 is 0 Å². The molecule has 0 aliphatic carbocycles. The molecule has 0 spiro atoms. The number of methoxy groups -OCH3 is 1. The van der Waals surface area contributed by atoms with E-state index in [0.29, 0.717) is 0 Å². The first kappa shape index (κ1) is 22.9. The fourth-order valence-corrected chi connectivity index (χ4v) is 4.38. The molecular formula is C22H30IN3OS. The Balaban J connectivity index is 0.00000280. The molecule has 0 aromatic heterocycles. The Kier molecular flexibility index (Phi) is 9.98. The van der Waals surface area contributed by atoms with Gasteiger partial charge in [0.05, 0.1) is 7.11 Å². The summed E-state index contributed by atoms with van der Waals surface area (Å²) < 4.78 is 5.21. The number of hydrogen-bond acceptors (Lipinski definition) is 3. The molecule has 2 aromatic rings. The van der Waals surface area contributed by atoms with Crippen LogP contribution in [-0.4, -0.2) is 50.4 Å². The first-order valence-corrected chi connectivity index (χ1v) is 10.5. The van der Waals surface area contributed by atoms with Crippen LogP contribution in [0.25, 0.3) is 0 Å². The zero-order chi connectivity index (χ0) is 18.9. The molecule has 1 atom stereocenters. The number of thioether (sulfide) groups is 1. The highest BCUT2D eigenvalue weighted by Gasteiger charge is 2.24. The van der Waals surface area contributed by atoms with Crippen LogP contribution in [0.4, 0.5) is 0 Å². The van der Waals surface area contributed by atoms with Crippen molar-refractivity contribution in [2.75, 3.05) is 39.5 Å². The summed E-state index contributed by atoms with van der Waals surface area (Å²) in [6.45, 7) is 3.06. The summed E-state index contributed by atoms with van der Waals surface area (Å²) in [5.74, 6) is 3.81. The van der Waals surface area contributed by atoms with Crippen LogP contribution in [0.1, 0.15) is 12.0 Å². The lowest BCUT2D eigenvalue weighted by molar-refractivity contribution is 0.414. The van der Waals surface area contributed by atoms with Crippen LogP contribution in [0, 0.1) is 5.92 Å². The van der Waals surface area contributed by atoms with Gasteiger partial charge in [-0.1, -0.05) is 30.3 Å². The van der Waals surface area contributed by atoms with Crippen molar-refractivity contribution >= 4 is 41.7 Å². The fraction of sp³-hybridized carbons (Fsp3) is 0.409. The Morgan fingerprint density at radius 1 is 1.18 bits per heavy atom. The third kappa shape index (κ3) is 6.88. The lowest BCUT2D eigenvalue weighted by atomic mass is 10.1. The van der Waals surface area contributed by atoms with E-state index < -0.39 is 0 Å². The van der Waals surface area contributed by atoms with Crippen LogP contribution in [0.15, 0.2) is 64.5 Å². The zero-order valence-electron chi connectivity index (χ0n) is 16.6. The Morgan fingerprint density at radius 2 is 1.93 bits per heavy atom. The van der Waals surface area contributed by atoms with E-state index in [0.717, 1.165) is 43.7 Å². The number of nitrogens with zero attached hydrogens (tertiary/aromatic N) is 2. The summed E-state index contributed by atoms with van der Waals surface area (Å²) in [5, 5.41) is 3.52. The van der Waals surface area contributed by atoms with Crippen LogP contribution in [0.2, 0.25) is 0 Å². The van der Waals surface area contributed by atoms with Crippen molar-refractivity contribution in [3.8, 4) is 5.75 Å². The second-order valence-electron chi connectivity index (χ2n) is 6.80. The molecule has 0 saturated carbocycles. The number of ether oxygens (including phenoxy) is 1. The van der Waals surface area contributed by atoms with E-state index in [2.05, 4.69) is 57.7 Å². The van der Waals surface area contributed by atoms with Crippen LogP contribution in [0.5, 0.6) is 5.75 Å². The van der Waals surface area contributed by atoms with Crippen molar-refractivity contribution in [1.82, 2.24) is 10.2 Å². The second-order valence-corrected chi connectivity index (χ2v) is 7.89. The van der Waals surface area contributed by atoms with Gasteiger partial charge in [-0.25, -0.2) is 0 Å². The topological polar surface area (TPSA) is 36.9 Å². The second kappa shape index (κ2) is 12.2. The lowest BCUT2D eigenvalue weighted by Gasteiger charge is -2.21. The average molecular weight is 511 g/mol. The first-order valence-electron chi connectivity index (χ1n) is 9.55. The standard InChI is InChI=1S/C22H29N3OS.HI/c1-23-22(24-14-12-18-8-10-20(26-2)11-9-18)25-15-13-19(16-25)17-27-21-6-4-3-5-7-21;/h3-11,19H,12-17H2,1-2H3,(H,23,24);1H. The van der Waals surface area contributed by atoms with E-state index in [-0.39, 0.29) is 24.0 Å². The van der Waals surface area contributed by atoms with Crippen molar-refractivity contribution in [2.24, 2.45) is 10.9 Å². The lowest BCUT2D eigenvalue weighted by Crippen LogP contribution is -2.41. The molecule has 1 aliphatic heterocycles. The molecule has 6 heteroatoms. The maximum atomic E-state index is 5.21. The number of halogens is 1. The predicted molar refractivity (Wildman–Crippen MR) is 130 cm³/mol. The summed E-state index contributed by atoms with van der Waals surface area (Å²) in [6.07, 6.45) is 2.21. The van der Waals surface area contributed by atoms with Crippen LogP contribution >= 0.6 is 35.7 Å². The molecule has 28 heavy (non-hydrogen) atoms. The van der Waals surface area contributed by atoms with E-state index >= 15 is 0 Å². The molecular weight excluding hydrogens is 481 g/mol. The van der Waals surface area contributed by atoms with Crippen molar-refractivity contribution in [2.45, 2.75) is 17.7 Å². The van der Waals surface area contributed by atoms with E-state index in [1.54, 1.807) is 7.11 Å². The molecule has 1 fully saturated rings. The van der Waals surface area contributed by atoms with Crippen LogP contribution < -0.4 is 10.1 Å². The third-order valence-corrected chi connectivity index (χ3v) is 6.13. The van der Waals surface area contributed by atoms with Gasteiger partial charge in [0.2, 0.25) is 0 Å². The highest BCUT2D eigenvalue weighted by atomic mass is 127. The number of benzene rings is 2. The number of nitrogens with one attached hydrogen (secondary N) is 1. The monoisotopic (exact) mass is 511 g/mol. The largest absolute Gasteiger partial charge is 0.497 e. The van der Waals surface area contributed by atoms with E-state index in [1.807, 2.05) is 30.9 Å². The van der Waals surface area contributed by atoms with E-state index in [9.17, 15) is 0 Å². The number of rotatable bonds is 7. The van der Waals surface area contributed by atoms with E-state index in [4.69, 9.17) is 4.74 Å². The predicted octanol–water partition coefficient (Wildman–Crippen LogP) is 4.55. The van der Waals surface area contributed by atoms with Gasteiger partial charge in [0.15, 0.2) is 5.96 Å². The molecule has 3 rings (SSSR count). The number of hydrogen-bond donors (Lipinski definition) is 1. The normalized spacial score (nSPS) is 16.6. The number of aliphatic imine (C=N–C) groups is 1. The average Bonchev–Trinajstić information content (AvgIpc) is 3.20. The van der Waals surface area contributed by atoms with Gasteiger partial charge in [-0.15, -0.1) is 35.7 Å². The van der Waals surface area contributed by atoms with Gasteiger partial charge in [0, 0.05) is 37.3 Å². The zero-order valence-corrected chi connectivity index (χ0v) is 19.8. The maximum absolute atomic E-state index is 5.21. The van der Waals surface area contributed by atoms with Gasteiger partial charge in [-0.05, 0) is 48.6 Å². The highest BCUT2D eigenvalue weighted by molar-refractivity contribution is 14.0. The van der Waals surface area contributed by atoms with Crippen molar-refractivity contribution in [3.63, 3.8) is 0 Å². The SMILES string of the molecule is CN=C(NCCc1ccc(OC)cc1)N1CCC(CSc2ccccc2)C1.I. The Morgan fingerprint density at radius 3 is 2.61 bits per heavy atom. The quantitative estimate of drug-likeness (QED) is 0.256. The van der Waals surface area contributed by atoms with Gasteiger partial charge in [-0.2, -0.15) is 0 Å². The molecule has 1 N–H and O–H groups in total.